The molecule has 0 aliphatic rings. The maximum Gasteiger partial charge on any atom is 0.277 e. The Morgan fingerprint density at radius 2 is 1.93 bits per heavy atom. The molecule has 5 N–H and O–H groups in total. The maximum atomic E-state index is 11.8. The lowest BCUT2D eigenvalue weighted by atomic mass is 10.1. The molecule has 9 nitrogen and oxygen atoms in total. The van der Waals surface area contributed by atoms with Gasteiger partial charge in [-0.15, -0.1) is 0 Å². The lowest BCUT2D eigenvalue weighted by molar-refractivity contribution is -0.0000169. The number of hydrogen-bond acceptors (Lipinski definition) is 8. The molecule has 2 heterocycles. The molecule has 1 unspecified atom stereocenters. The second kappa shape index (κ2) is 9.88. The molecule has 0 aliphatic carbocycles. The summed E-state index contributed by atoms with van der Waals surface area (Å²) in [4.78, 5) is 11.8. The third-order valence-corrected chi connectivity index (χ3v) is 3.95. The average molecular weight is 407 g/mol. The van der Waals surface area contributed by atoms with Gasteiger partial charge >= 0.3 is 0 Å². The molecule has 3 aromatic rings. The largest absolute Gasteiger partial charge is 1.00 e. The second-order valence-corrected chi connectivity index (χ2v) is 5.99. The van der Waals surface area contributed by atoms with Gasteiger partial charge in [-0.3, -0.25) is 4.79 Å². The van der Waals surface area contributed by atoms with E-state index >= 15 is 0 Å². The number of halogens is 1. The van der Waals surface area contributed by atoms with E-state index in [1.807, 2.05) is 36.4 Å². The van der Waals surface area contributed by atoms with Gasteiger partial charge in [0.1, 0.15) is 11.5 Å². The zero-order valence-corrected chi connectivity index (χ0v) is 15.9. The van der Waals surface area contributed by atoms with Crippen molar-refractivity contribution in [1.29, 1.82) is 0 Å². The number of hydrogen-bond donors (Lipinski definition) is 4. The zero-order valence-electron chi connectivity index (χ0n) is 15.2. The summed E-state index contributed by atoms with van der Waals surface area (Å²) in [5.41, 5.74) is 7.23. The third-order valence-electron chi connectivity index (χ3n) is 3.95. The molecule has 0 spiro atoms. The second-order valence-electron chi connectivity index (χ2n) is 5.99. The normalized spacial score (nSPS) is 11.6. The van der Waals surface area contributed by atoms with E-state index in [2.05, 4.69) is 25.6 Å². The van der Waals surface area contributed by atoms with Crippen molar-refractivity contribution >= 4 is 11.7 Å². The van der Waals surface area contributed by atoms with E-state index in [0.717, 1.165) is 22.6 Å². The van der Waals surface area contributed by atoms with Crippen LogP contribution in [-0.4, -0.2) is 34.4 Å². The topological polar surface area (TPSA) is 139 Å². The molecule has 0 saturated carbocycles. The highest BCUT2D eigenvalue weighted by Gasteiger charge is 2.14. The number of benzene rings is 1. The SMILES string of the molecule is CC(O)c1ccc(-c2ccc(CNCCNC(=O)c3nonc3N)o2)cc1.[Cl-]. The van der Waals surface area contributed by atoms with E-state index in [1.165, 1.54) is 0 Å². The van der Waals surface area contributed by atoms with Crippen molar-refractivity contribution in [3.05, 3.63) is 53.4 Å². The number of rotatable bonds is 8. The molecular formula is C18H21ClN5O4-. The Morgan fingerprint density at radius 3 is 2.57 bits per heavy atom. The van der Waals surface area contributed by atoms with Gasteiger partial charge in [0.2, 0.25) is 11.5 Å². The Bertz CT molecular complexity index is 892. The van der Waals surface area contributed by atoms with Crippen LogP contribution >= 0.6 is 0 Å². The summed E-state index contributed by atoms with van der Waals surface area (Å²) < 4.78 is 10.2. The van der Waals surface area contributed by atoms with Gasteiger partial charge in [-0.25, -0.2) is 4.63 Å². The predicted molar refractivity (Wildman–Crippen MR) is 97.5 cm³/mol. The van der Waals surface area contributed by atoms with Crippen molar-refractivity contribution in [2.75, 3.05) is 18.8 Å². The standard InChI is InChI=1S/C18H21N5O4.ClH/c1-11(24)12-2-4-13(5-3-12)15-7-6-14(26-15)10-20-8-9-21-18(25)16-17(19)23-27-22-16;/h2-7,11,20,24H,8-10H2,1H3,(H2,19,23)(H,21,25);1H/p-1. The fourth-order valence-electron chi connectivity index (χ4n) is 2.47. The van der Waals surface area contributed by atoms with E-state index in [-0.39, 0.29) is 23.9 Å². The van der Waals surface area contributed by atoms with E-state index in [0.29, 0.717) is 19.6 Å². The molecule has 10 heteroatoms. The van der Waals surface area contributed by atoms with Crippen molar-refractivity contribution in [2.24, 2.45) is 0 Å². The summed E-state index contributed by atoms with van der Waals surface area (Å²) in [5.74, 6) is 1.06. The minimum atomic E-state index is -0.493. The Balaban J connectivity index is 0.00000280. The third kappa shape index (κ3) is 5.32. The molecule has 0 saturated heterocycles. The van der Waals surface area contributed by atoms with Crippen LogP contribution in [0.2, 0.25) is 0 Å². The lowest BCUT2D eigenvalue weighted by Crippen LogP contribution is -3.00. The molecular weight excluding hydrogens is 386 g/mol. The number of nitrogens with zero attached hydrogens (tertiary/aromatic N) is 2. The van der Waals surface area contributed by atoms with Gasteiger partial charge in [0.15, 0.2) is 0 Å². The van der Waals surface area contributed by atoms with Gasteiger partial charge in [0.25, 0.3) is 5.91 Å². The van der Waals surface area contributed by atoms with Crippen LogP contribution in [0, 0.1) is 0 Å². The number of aromatic nitrogens is 2. The minimum Gasteiger partial charge on any atom is -1.00 e. The molecule has 0 bridgehead atoms. The van der Waals surface area contributed by atoms with Gasteiger partial charge in [-0.1, -0.05) is 24.3 Å². The number of furan rings is 1. The fourth-order valence-corrected chi connectivity index (χ4v) is 2.47. The Morgan fingerprint density at radius 1 is 1.18 bits per heavy atom. The van der Waals surface area contributed by atoms with E-state index in [1.54, 1.807) is 6.92 Å². The van der Waals surface area contributed by atoms with E-state index in [9.17, 15) is 9.90 Å². The number of aliphatic hydroxyl groups is 1. The summed E-state index contributed by atoms with van der Waals surface area (Å²) in [6.07, 6.45) is -0.493. The van der Waals surface area contributed by atoms with Crippen LogP contribution in [0.15, 0.2) is 45.4 Å². The maximum absolute atomic E-state index is 11.8. The molecule has 3 rings (SSSR count). The summed E-state index contributed by atoms with van der Waals surface area (Å²) >= 11 is 0. The summed E-state index contributed by atoms with van der Waals surface area (Å²) in [7, 11) is 0. The molecule has 1 amide bonds. The first kappa shape index (κ1) is 21.4. The number of carbonyl (C=O) groups excluding carboxylic acids is 1. The summed E-state index contributed by atoms with van der Waals surface area (Å²) in [5, 5.41) is 22.2. The fraction of sp³-hybridized carbons (Fsp3) is 0.278. The molecule has 28 heavy (non-hydrogen) atoms. The minimum absolute atomic E-state index is 0. The molecule has 0 fully saturated rings. The smallest absolute Gasteiger partial charge is 0.277 e. The number of nitrogen functional groups attached to an aromatic ring is 1. The van der Waals surface area contributed by atoms with Gasteiger partial charge < -0.3 is 38.3 Å². The van der Waals surface area contributed by atoms with Crippen LogP contribution < -0.4 is 28.8 Å². The number of nitrogens with one attached hydrogen (secondary N) is 2. The quantitative estimate of drug-likeness (QED) is 0.331. The average Bonchev–Trinajstić information content (AvgIpc) is 3.30. The Labute approximate surface area is 167 Å². The molecule has 1 atom stereocenters. The van der Waals surface area contributed by atoms with Crippen molar-refractivity contribution in [3.8, 4) is 11.3 Å². The summed E-state index contributed by atoms with van der Waals surface area (Å²) in [6.45, 7) is 3.18. The predicted octanol–water partition coefficient (Wildman–Crippen LogP) is -1.51. The lowest BCUT2D eigenvalue weighted by Gasteiger charge is -2.05. The molecule has 2 aromatic heterocycles. The van der Waals surface area contributed by atoms with Crippen molar-refractivity contribution in [3.63, 3.8) is 0 Å². The first-order valence-electron chi connectivity index (χ1n) is 8.48. The van der Waals surface area contributed by atoms with Crippen LogP contribution in [0.25, 0.3) is 11.3 Å². The number of amides is 1. The number of aliphatic hydroxyl groups excluding tert-OH is 1. The number of carbonyl (C=O) groups is 1. The summed E-state index contributed by atoms with van der Waals surface area (Å²) in [6, 6.07) is 11.4. The van der Waals surface area contributed by atoms with Crippen LogP contribution in [-0.2, 0) is 6.54 Å². The highest BCUT2D eigenvalue weighted by Crippen LogP contribution is 2.24. The number of nitrogens with two attached hydrogens (primary N) is 1. The monoisotopic (exact) mass is 406 g/mol. The highest BCUT2D eigenvalue weighted by molar-refractivity contribution is 5.95. The Hall–Kier alpha value is -2.88. The van der Waals surface area contributed by atoms with Crippen LogP contribution in [0.4, 0.5) is 5.82 Å². The van der Waals surface area contributed by atoms with Gasteiger partial charge in [0, 0.05) is 18.7 Å². The van der Waals surface area contributed by atoms with Gasteiger partial charge in [-0.2, -0.15) is 0 Å². The molecule has 150 valence electrons. The van der Waals surface area contributed by atoms with Gasteiger partial charge in [0.05, 0.1) is 12.6 Å². The van der Waals surface area contributed by atoms with Crippen molar-refractivity contribution in [2.45, 2.75) is 19.6 Å². The van der Waals surface area contributed by atoms with E-state index in [4.69, 9.17) is 10.2 Å². The zero-order chi connectivity index (χ0) is 19.2. The van der Waals surface area contributed by atoms with E-state index < -0.39 is 12.0 Å². The Kier molecular flexibility index (Phi) is 7.56. The highest BCUT2D eigenvalue weighted by atomic mass is 35.5. The van der Waals surface area contributed by atoms with Crippen molar-refractivity contribution < 1.29 is 31.4 Å². The first-order chi connectivity index (χ1) is 13.0. The van der Waals surface area contributed by atoms with Crippen LogP contribution in [0.5, 0.6) is 0 Å². The number of anilines is 1. The van der Waals surface area contributed by atoms with Crippen LogP contribution in [0.1, 0.15) is 34.8 Å². The van der Waals surface area contributed by atoms with Crippen molar-refractivity contribution in [1.82, 2.24) is 20.9 Å². The molecule has 0 radical (unpaired) electrons. The molecule has 0 aliphatic heterocycles. The van der Waals surface area contributed by atoms with Crippen LogP contribution in [0.3, 0.4) is 0 Å². The molecule has 1 aromatic carbocycles. The first-order valence-corrected chi connectivity index (χ1v) is 8.48. The van der Waals surface area contributed by atoms with Gasteiger partial charge in [-0.05, 0) is 34.9 Å².